The third-order valence-electron chi connectivity index (χ3n) is 5.69. The number of nitrogens with one attached hydrogen (secondary N) is 1. The number of pyridine rings is 1. The van der Waals surface area contributed by atoms with E-state index in [4.69, 9.17) is 0 Å². The second-order valence-electron chi connectivity index (χ2n) is 7.95. The Labute approximate surface area is 191 Å². The lowest BCUT2D eigenvalue weighted by atomic mass is 9.97. The summed E-state index contributed by atoms with van der Waals surface area (Å²) in [4.78, 5) is 32.4. The standard InChI is InChI=1S/C25H24N4O2S/c1-17(18-7-3-2-4-8-18)13-23(30)28-25-21(15-26)20-10-12-29(16-22(20)32-25)24(31)14-19-9-5-6-11-27-19/h2-9,11,17H,10,12-14,16H2,1H3,(H,28,30)/t17-/m1/s1. The van der Waals surface area contributed by atoms with E-state index >= 15 is 0 Å². The monoisotopic (exact) mass is 444 g/mol. The number of hydrogen-bond acceptors (Lipinski definition) is 5. The van der Waals surface area contributed by atoms with Gasteiger partial charge in [-0.15, -0.1) is 11.3 Å². The first kappa shape index (κ1) is 21.7. The van der Waals surface area contributed by atoms with Crippen LogP contribution in [0.3, 0.4) is 0 Å². The molecule has 1 aliphatic rings. The molecule has 1 atom stereocenters. The van der Waals surface area contributed by atoms with Crippen molar-refractivity contribution in [3.63, 3.8) is 0 Å². The lowest BCUT2D eigenvalue weighted by Gasteiger charge is -2.27. The molecule has 32 heavy (non-hydrogen) atoms. The van der Waals surface area contributed by atoms with Crippen LogP contribution in [-0.2, 0) is 29.0 Å². The van der Waals surface area contributed by atoms with Gasteiger partial charge >= 0.3 is 0 Å². The van der Waals surface area contributed by atoms with Gasteiger partial charge < -0.3 is 10.2 Å². The van der Waals surface area contributed by atoms with Crippen LogP contribution in [0, 0.1) is 11.3 Å². The van der Waals surface area contributed by atoms with E-state index in [1.54, 1.807) is 11.1 Å². The van der Waals surface area contributed by atoms with Gasteiger partial charge in [-0.1, -0.05) is 43.3 Å². The Morgan fingerprint density at radius 1 is 1.22 bits per heavy atom. The highest BCUT2D eigenvalue weighted by atomic mass is 32.1. The summed E-state index contributed by atoms with van der Waals surface area (Å²) in [5, 5.41) is 13.3. The molecule has 3 aromatic rings. The smallest absolute Gasteiger partial charge is 0.228 e. The van der Waals surface area contributed by atoms with Crippen LogP contribution in [0.4, 0.5) is 5.00 Å². The van der Waals surface area contributed by atoms with Crippen LogP contribution in [0.15, 0.2) is 54.7 Å². The minimum atomic E-state index is -0.112. The molecule has 7 heteroatoms. The number of nitriles is 1. The van der Waals surface area contributed by atoms with Crippen molar-refractivity contribution in [1.29, 1.82) is 5.26 Å². The molecule has 0 spiro atoms. The average Bonchev–Trinajstić information content (AvgIpc) is 3.16. The number of fused-ring (bicyclic) bond motifs is 1. The average molecular weight is 445 g/mol. The van der Waals surface area contributed by atoms with Crippen LogP contribution in [-0.4, -0.2) is 28.2 Å². The van der Waals surface area contributed by atoms with Gasteiger partial charge in [0.1, 0.15) is 11.1 Å². The highest BCUT2D eigenvalue weighted by molar-refractivity contribution is 7.16. The second-order valence-corrected chi connectivity index (χ2v) is 9.05. The van der Waals surface area contributed by atoms with Crippen molar-refractivity contribution in [3.8, 4) is 6.07 Å². The van der Waals surface area contributed by atoms with E-state index < -0.39 is 0 Å². The Morgan fingerprint density at radius 2 is 2.00 bits per heavy atom. The fourth-order valence-electron chi connectivity index (χ4n) is 3.95. The van der Waals surface area contributed by atoms with Crippen molar-refractivity contribution >= 4 is 28.2 Å². The highest BCUT2D eigenvalue weighted by Gasteiger charge is 2.28. The van der Waals surface area contributed by atoms with Crippen molar-refractivity contribution in [1.82, 2.24) is 9.88 Å². The van der Waals surface area contributed by atoms with Crippen molar-refractivity contribution in [2.45, 2.75) is 38.6 Å². The highest BCUT2D eigenvalue weighted by Crippen LogP contribution is 2.37. The summed E-state index contributed by atoms with van der Waals surface area (Å²) in [5.41, 5.74) is 3.33. The number of benzene rings is 1. The number of hydrogen-bond donors (Lipinski definition) is 1. The SMILES string of the molecule is C[C@H](CC(=O)Nc1sc2c(c1C#N)CCN(C(=O)Cc1ccccn1)C2)c1ccccc1. The number of anilines is 1. The quantitative estimate of drug-likeness (QED) is 0.615. The zero-order valence-corrected chi connectivity index (χ0v) is 18.7. The number of carbonyl (C=O) groups is 2. The van der Waals surface area contributed by atoms with Crippen LogP contribution in [0.25, 0.3) is 0 Å². The Bertz CT molecular complexity index is 1150. The first-order valence-corrected chi connectivity index (χ1v) is 11.4. The van der Waals surface area contributed by atoms with Gasteiger partial charge in [0.25, 0.3) is 0 Å². The number of amides is 2. The molecule has 0 unspecified atom stereocenters. The summed E-state index contributed by atoms with van der Waals surface area (Å²) in [6.45, 7) is 3.03. The normalized spacial score (nSPS) is 13.7. The fourth-order valence-corrected chi connectivity index (χ4v) is 5.18. The minimum Gasteiger partial charge on any atom is -0.337 e. The lowest BCUT2D eigenvalue weighted by molar-refractivity contribution is -0.131. The van der Waals surface area contributed by atoms with Gasteiger partial charge in [-0.25, -0.2) is 0 Å². The minimum absolute atomic E-state index is 0.0172. The number of thiophene rings is 1. The maximum Gasteiger partial charge on any atom is 0.228 e. The predicted molar refractivity (Wildman–Crippen MR) is 124 cm³/mol. The van der Waals surface area contributed by atoms with Gasteiger partial charge in [-0.2, -0.15) is 5.26 Å². The van der Waals surface area contributed by atoms with Crippen molar-refractivity contribution in [2.75, 3.05) is 11.9 Å². The van der Waals surface area contributed by atoms with Crippen molar-refractivity contribution in [3.05, 3.63) is 82.0 Å². The molecule has 0 radical (unpaired) electrons. The van der Waals surface area contributed by atoms with Crippen LogP contribution in [0.2, 0.25) is 0 Å². The van der Waals surface area contributed by atoms with Gasteiger partial charge in [0, 0.05) is 29.7 Å². The first-order chi connectivity index (χ1) is 15.5. The zero-order valence-electron chi connectivity index (χ0n) is 17.9. The number of carbonyl (C=O) groups excluding carboxylic acids is 2. The van der Waals surface area contributed by atoms with E-state index in [1.807, 2.05) is 55.5 Å². The topological polar surface area (TPSA) is 86.1 Å². The van der Waals surface area contributed by atoms with Crippen LogP contribution < -0.4 is 5.32 Å². The largest absolute Gasteiger partial charge is 0.337 e. The van der Waals surface area contributed by atoms with Gasteiger partial charge in [0.15, 0.2) is 0 Å². The third kappa shape index (κ3) is 4.87. The predicted octanol–water partition coefficient (Wildman–Crippen LogP) is 4.27. The summed E-state index contributed by atoms with van der Waals surface area (Å²) in [6, 6.07) is 17.7. The number of aromatic nitrogens is 1. The summed E-state index contributed by atoms with van der Waals surface area (Å²) >= 11 is 1.40. The third-order valence-corrected chi connectivity index (χ3v) is 6.83. The summed E-state index contributed by atoms with van der Waals surface area (Å²) in [7, 11) is 0. The van der Waals surface area contributed by atoms with E-state index in [-0.39, 0.29) is 24.2 Å². The molecule has 1 N–H and O–H groups in total. The molecular formula is C25H24N4O2S. The molecular weight excluding hydrogens is 420 g/mol. The van der Waals surface area contributed by atoms with E-state index in [0.717, 1.165) is 21.7 Å². The van der Waals surface area contributed by atoms with E-state index in [1.165, 1.54) is 11.3 Å². The van der Waals surface area contributed by atoms with Crippen molar-refractivity contribution in [2.24, 2.45) is 0 Å². The molecule has 2 amide bonds. The molecule has 4 rings (SSSR count). The van der Waals surface area contributed by atoms with E-state index in [9.17, 15) is 14.9 Å². The molecule has 1 aliphatic heterocycles. The Hall–Kier alpha value is -3.50. The van der Waals surface area contributed by atoms with E-state index in [2.05, 4.69) is 16.4 Å². The van der Waals surface area contributed by atoms with Gasteiger partial charge in [0.05, 0.1) is 18.5 Å². The van der Waals surface area contributed by atoms with E-state index in [0.29, 0.717) is 36.5 Å². The van der Waals surface area contributed by atoms with Crippen LogP contribution in [0.5, 0.6) is 0 Å². The Balaban J connectivity index is 1.43. The van der Waals surface area contributed by atoms with Crippen molar-refractivity contribution < 1.29 is 9.59 Å². The summed E-state index contributed by atoms with van der Waals surface area (Å²) in [6.07, 6.45) is 2.89. The first-order valence-electron chi connectivity index (χ1n) is 10.6. The molecule has 1 aromatic carbocycles. The molecule has 3 heterocycles. The molecule has 162 valence electrons. The second kappa shape index (κ2) is 9.75. The van der Waals surface area contributed by atoms with Gasteiger partial charge in [-0.3, -0.25) is 14.6 Å². The molecule has 2 aromatic heterocycles. The lowest BCUT2D eigenvalue weighted by Crippen LogP contribution is -2.36. The number of nitrogens with zero attached hydrogens (tertiary/aromatic N) is 3. The molecule has 6 nitrogen and oxygen atoms in total. The number of rotatable bonds is 6. The summed E-state index contributed by atoms with van der Waals surface area (Å²) in [5.74, 6) is -0.0147. The zero-order chi connectivity index (χ0) is 22.5. The van der Waals surface area contributed by atoms with Gasteiger partial charge in [0.2, 0.25) is 11.8 Å². The molecule has 0 aliphatic carbocycles. The molecule has 0 saturated heterocycles. The Kier molecular flexibility index (Phi) is 6.62. The fraction of sp³-hybridized carbons (Fsp3) is 0.280. The maximum atomic E-state index is 12.7. The molecule has 0 bridgehead atoms. The molecule has 0 fully saturated rings. The molecule has 0 saturated carbocycles. The Morgan fingerprint density at radius 3 is 2.72 bits per heavy atom. The van der Waals surface area contributed by atoms with Crippen LogP contribution >= 0.6 is 11.3 Å². The van der Waals surface area contributed by atoms with Crippen LogP contribution in [0.1, 0.15) is 46.5 Å². The maximum absolute atomic E-state index is 12.7. The summed E-state index contributed by atoms with van der Waals surface area (Å²) < 4.78 is 0. The van der Waals surface area contributed by atoms with Gasteiger partial charge in [-0.05, 0) is 35.6 Å².